The number of carbonyl (C=O) groups excluding carboxylic acids is 2. The molecule has 0 aromatic heterocycles. The van der Waals surface area contributed by atoms with Gasteiger partial charge in [0.05, 0.1) is 10.5 Å². The molecule has 0 aliphatic heterocycles. The van der Waals surface area contributed by atoms with Gasteiger partial charge in [0.15, 0.2) is 5.78 Å². The van der Waals surface area contributed by atoms with Crippen LogP contribution in [-0.2, 0) is 6.18 Å². The van der Waals surface area contributed by atoms with Crippen LogP contribution in [0.15, 0.2) is 12.1 Å². The molecule has 0 N–H and O–H groups in total. The third-order valence-electron chi connectivity index (χ3n) is 2.13. The summed E-state index contributed by atoms with van der Waals surface area (Å²) in [7, 11) is 0. The Bertz CT molecular complexity index is 537. The number of benzene rings is 1. The van der Waals surface area contributed by atoms with Crippen LogP contribution in [-0.4, -0.2) is 17.0 Å². The standard InChI is InChI=1S/C10H6F3NO4/c1-5(16)9-7(10(11,12)13)2-6(4-15)3-8(9)14(17)18/h2-4H,1H3. The van der Waals surface area contributed by atoms with Crippen LogP contribution >= 0.6 is 0 Å². The van der Waals surface area contributed by atoms with Crippen LogP contribution in [0.1, 0.15) is 33.2 Å². The molecule has 5 nitrogen and oxygen atoms in total. The maximum Gasteiger partial charge on any atom is 0.417 e. The molecule has 1 aromatic rings. The van der Waals surface area contributed by atoms with E-state index in [0.717, 1.165) is 6.92 Å². The van der Waals surface area contributed by atoms with Crippen LogP contribution in [0.2, 0.25) is 0 Å². The lowest BCUT2D eigenvalue weighted by Crippen LogP contribution is -2.14. The number of ketones is 1. The summed E-state index contributed by atoms with van der Waals surface area (Å²) in [6, 6.07) is 1.05. The van der Waals surface area contributed by atoms with Gasteiger partial charge in [-0.2, -0.15) is 13.2 Å². The highest BCUT2D eigenvalue weighted by Crippen LogP contribution is 2.37. The molecular formula is C10H6F3NO4. The van der Waals surface area contributed by atoms with Crippen molar-refractivity contribution in [3.05, 3.63) is 38.9 Å². The highest BCUT2D eigenvalue weighted by Gasteiger charge is 2.39. The van der Waals surface area contributed by atoms with Crippen molar-refractivity contribution in [2.75, 3.05) is 0 Å². The topological polar surface area (TPSA) is 77.3 Å². The summed E-state index contributed by atoms with van der Waals surface area (Å²) in [4.78, 5) is 31.1. The van der Waals surface area contributed by atoms with E-state index >= 15 is 0 Å². The van der Waals surface area contributed by atoms with Crippen molar-refractivity contribution >= 4 is 17.8 Å². The van der Waals surface area contributed by atoms with Gasteiger partial charge in [0.25, 0.3) is 5.69 Å². The SMILES string of the molecule is CC(=O)c1c([N+](=O)[O-])cc(C=O)cc1C(F)(F)F. The lowest BCUT2D eigenvalue weighted by Gasteiger charge is -2.11. The highest BCUT2D eigenvalue weighted by atomic mass is 19.4. The van der Waals surface area contributed by atoms with Crippen LogP contribution in [0.4, 0.5) is 18.9 Å². The molecule has 1 rings (SSSR count). The van der Waals surface area contributed by atoms with Crippen LogP contribution in [0, 0.1) is 10.1 Å². The molecule has 0 saturated heterocycles. The number of nitro groups is 1. The number of halogens is 3. The third-order valence-corrected chi connectivity index (χ3v) is 2.13. The predicted octanol–water partition coefficient (Wildman–Crippen LogP) is 2.63. The Kier molecular flexibility index (Phi) is 3.49. The lowest BCUT2D eigenvalue weighted by molar-refractivity contribution is -0.385. The zero-order chi connectivity index (χ0) is 14.1. The molecule has 0 fully saturated rings. The number of alkyl halides is 3. The number of rotatable bonds is 3. The van der Waals surface area contributed by atoms with Crippen molar-refractivity contribution in [3.63, 3.8) is 0 Å². The Balaban J connectivity index is 3.77. The fraction of sp³-hybridized carbons (Fsp3) is 0.200. The van der Waals surface area contributed by atoms with Gasteiger partial charge in [-0.15, -0.1) is 0 Å². The molecular weight excluding hydrogens is 255 g/mol. The minimum absolute atomic E-state index is 0.0478. The van der Waals surface area contributed by atoms with Crippen molar-refractivity contribution in [3.8, 4) is 0 Å². The fourth-order valence-corrected chi connectivity index (χ4v) is 1.45. The van der Waals surface area contributed by atoms with Crippen molar-refractivity contribution in [2.24, 2.45) is 0 Å². The third kappa shape index (κ3) is 2.53. The molecule has 0 saturated carbocycles. The molecule has 0 aliphatic rings. The van der Waals surface area contributed by atoms with Gasteiger partial charge in [-0.05, 0) is 13.0 Å². The van der Waals surface area contributed by atoms with Gasteiger partial charge in [0.1, 0.15) is 11.8 Å². The van der Waals surface area contributed by atoms with Gasteiger partial charge < -0.3 is 0 Å². The molecule has 0 amide bonds. The van der Waals surface area contributed by atoms with Gasteiger partial charge in [0, 0.05) is 11.6 Å². The summed E-state index contributed by atoms with van der Waals surface area (Å²) in [5.41, 5.74) is -4.07. The zero-order valence-corrected chi connectivity index (χ0v) is 8.95. The van der Waals surface area contributed by atoms with E-state index in [-0.39, 0.29) is 6.29 Å². The second kappa shape index (κ2) is 4.55. The van der Waals surface area contributed by atoms with E-state index in [1.165, 1.54) is 0 Å². The lowest BCUT2D eigenvalue weighted by atomic mass is 9.99. The zero-order valence-electron chi connectivity index (χ0n) is 8.95. The van der Waals surface area contributed by atoms with E-state index in [2.05, 4.69) is 0 Å². The molecule has 0 heterocycles. The Labute approximate surface area is 98.4 Å². The number of hydrogen-bond acceptors (Lipinski definition) is 4. The van der Waals surface area contributed by atoms with Gasteiger partial charge in [-0.25, -0.2) is 0 Å². The second-order valence-electron chi connectivity index (χ2n) is 3.39. The summed E-state index contributed by atoms with van der Waals surface area (Å²) in [6.45, 7) is 0.790. The minimum Gasteiger partial charge on any atom is -0.298 e. The monoisotopic (exact) mass is 261 g/mol. The van der Waals surface area contributed by atoms with E-state index in [1.807, 2.05) is 0 Å². The van der Waals surface area contributed by atoms with Gasteiger partial charge in [-0.3, -0.25) is 19.7 Å². The van der Waals surface area contributed by atoms with Crippen LogP contribution < -0.4 is 0 Å². The molecule has 1 aromatic carbocycles. The van der Waals surface area contributed by atoms with Crippen LogP contribution in [0.5, 0.6) is 0 Å². The first-order chi connectivity index (χ1) is 8.18. The predicted molar refractivity (Wildman–Crippen MR) is 53.5 cm³/mol. The molecule has 0 bridgehead atoms. The number of aldehydes is 1. The van der Waals surface area contributed by atoms with E-state index < -0.39 is 39.3 Å². The first-order valence-corrected chi connectivity index (χ1v) is 4.54. The Morgan fingerprint density at radius 3 is 2.28 bits per heavy atom. The van der Waals surface area contributed by atoms with E-state index in [9.17, 15) is 32.9 Å². The van der Waals surface area contributed by atoms with Gasteiger partial charge >= 0.3 is 6.18 Å². The highest BCUT2D eigenvalue weighted by molar-refractivity contribution is 6.00. The quantitative estimate of drug-likeness (QED) is 0.362. The average molecular weight is 261 g/mol. The second-order valence-corrected chi connectivity index (χ2v) is 3.39. The largest absolute Gasteiger partial charge is 0.417 e. The maximum absolute atomic E-state index is 12.7. The number of Topliss-reactive ketones (excluding diaryl/α,β-unsaturated/α-hetero) is 1. The molecule has 0 atom stereocenters. The Morgan fingerprint density at radius 2 is 1.94 bits per heavy atom. The molecule has 96 valence electrons. The summed E-state index contributed by atoms with van der Waals surface area (Å²) >= 11 is 0. The minimum atomic E-state index is -4.95. The number of nitrogens with zero attached hydrogens (tertiary/aromatic N) is 1. The smallest absolute Gasteiger partial charge is 0.298 e. The fourth-order valence-electron chi connectivity index (χ4n) is 1.45. The first kappa shape index (κ1) is 13.8. The first-order valence-electron chi connectivity index (χ1n) is 4.54. The maximum atomic E-state index is 12.7. The van der Waals surface area contributed by atoms with E-state index in [4.69, 9.17) is 0 Å². The Hall–Kier alpha value is -2.25. The van der Waals surface area contributed by atoms with E-state index in [1.54, 1.807) is 0 Å². The van der Waals surface area contributed by atoms with Crippen LogP contribution in [0.3, 0.4) is 0 Å². The molecule has 0 aliphatic carbocycles. The molecule has 0 unspecified atom stereocenters. The summed E-state index contributed by atoms with van der Waals surface area (Å²) < 4.78 is 38.0. The average Bonchev–Trinajstić information content (AvgIpc) is 2.25. The summed E-state index contributed by atoms with van der Waals surface area (Å²) in [6.07, 6.45) is -4.91. The molecule has 18 heavy (non-hydrogen) atoms. The van der Waals surface area contributed by atoms with Crippen molar-refractivity contribution in [1.82, 2.24) is 0 Å². The van der Waals surface area contributed by atoms with Crippen molar-refractivity contribution in [1.29, 1.82) is 0 Å². The molecule has 0 radical (unpaired) electrons. The van der Waals surface area contributed by atoms with Crippen molar-refractivity contribution < 1.29 is 27.7 Å². The number of nitro benzene ring substituents is 1. The molecule has 0 spiro atoms. The van der Waals surface area contributed by atoms with Gasteiger partial charge in [-0.1, -0.05) is 0 Å². The normalized spacial score (nSPS) is 11.1. The van der Waals surface area contributed by atoms with E-state index in [0.29, 0.717) is 12.1 Å². The number of hydrogen-bond donors (Lipinski definition) is 0. The van der Waals surface area contributed by atoms with Crippen LogP contribution in [0.25, 0.3) is 0 Å². The van der Waals surface area contributed by atoms with Gasteiger partial charge in [0.2, 0.25) is 0 Å². The summed E-state index contributed by atoms with van der Waals surface area (Å²) in [5.74, 6) is -1.09. The van der Waals surface area contributed by atoms with Crippen molar-refractivity contribution in [2.45, 2.75) is 13.1 Å². The molecule has 8 heteroatoms. The Morgan fingerprint density at radius 1 is 1.39 bits per heavy atom. The number of carbonyl (C=O) groups is 2. The summed E-state index contributed by atoms with van der Waals surface area (Å²) in [5, 5.41) is 10.6.